The Bertz CT molecular complexity index is 764. The van der Waals surface area contributed by atoms with Crippen molar-refractivity contribution in [3.63, 3.8) is 0 Å². The summed E-state index contributed by atoms with van der Waals surface area (Å²) in [6.45, 7) is 4.68. The number of rotatable bonds is 3. The van der Waals surface area contributed by atoms with Gasteiger partial charge in [0.2, 0.25) is 5.91 Å². The highest BCUT2D eigenvalue weighted by Gasteiger charge is 2.32. The summed E-state index contributed by atoms with van der Waals surface area (Å²) in [5, 5.41) is 10.1. The van der Waals surface area contributed by atoms with Crippen molar-refractivity contribution in [3.05, 3.63) is 35.1 Å². The third-order valence-electron chi connectivity index (χ3n) is 4.42. The van der Waals surface area contributed by atoms with E-state index in [1.165, 1.54) is 4.90 Å². The van der Waals surface area contributed by atoms with Gasteiger partial charge in [0, 0.05) is 17.5 Å². The molecule has 0 spiro atoms. The summed E-state index contributed by atoms with van der Waals surface area (Å²) < 4.78 is 10.8. The number of aliphatic carboxylic acids is 1. The van der Waals surface area contributed by atoms with E-state index >= 15 is 0 Å². The first-order chi connectivity index (χ1) is 11.0. The summed E-state index contributed by atoms with van der Waals surface area (Å²) in [4.78, 5) is 25.2. The van der Waals surface area contributed by atoms with Crippen molar-refractivity contribution < 1.29 is 23.8 Å². The smallest absolute Gasteiger partial charge is 0.328 e. The molecule has 0 bridgehead atoms. The molecule has 1 aromatic carbocycles. The van der Waals surface area contributed by atoms with Gasteiger partial charge >= 0.3 is 5.97 Å². The van der Waals surface area contributed by atoms with Gasteiger partial charge in [-0.05, 0) is 25.0 Å². The van der Waals surface area contributed by atoms with E-state index in [4.69, 9.17) is 9.15 Å². The predicted molar refractivity (Wildman–Crippen MR) is 83.3 cm³/mol. The predicted octanol–water partition coefficient (Wildman–Crippen LogP) is 1.90. The number of ether oxygens (including phenoxy) is 1. The number of carboxylic acid groups (broad SMARTS) is 1. The molecule has 2 aromatic rings. The van der Waals surface area contributed by atoms with Crippen molar-refractivity contribution in [1.29, 1.82) is 0 Å². The van der Waals surface area contributed by atoms with Gasteiger partial charge in [-0.2, -0.15) is 0 Å². The number of carbonyl (C=O) groups excluding carboxylic acids is 1. The van der Waals surface area contributed by atoms with Gasteiger partial charge in [0.05, 0.1) is 25.9 Å². The van der Waals surface area contributed by atoms with Crippen LogP contribution in [0.3, 0.4) is 0 Å². The number of fused-ring (bicyclic) bond motifs is 1. The maximum Gasteiger partial charge on any atom is 0.328 e. The first-order valence-corrected chi connectivity index (χ1v) is 7.55. The molecule has 1 N–H and O–H groups in total. The molecule has 1 aliphatic rings. The molecule has 1 aliphatic heterocycles. The van der Waals surface area contributed by atoms with Crippen molar-refractivity contribution in [1.82, 2.24) is 4.90 Å². The van der Waals surface area contributed by atoms with Gasteiger partial charge in [-0.25, -0.2) is 4.79 Å². The molecule has 1 atom stereocenters. The van der Waals surface area contributed by atoms with Gasteiger partial charge in [0.25, 0.3) is 0 Å². The summed E-state index contributed by atoms with van der Waals surface area (Å²) in [5.41, 5.74) is 3.74. The summed E-state index contributed by atoms with van der Waals surface area (Å²) in [7, 11) is 0. The fraction of sp³-hybridized carbons (Fsp3) is 0.412. The minimum absolute atomic E-state index is 0.0332. The van der Waals surface area contributed by atoms with Gasteiger partial charge in [-0.3, -0.25) is 4.79 Å². The van der Waals surface area contributed by atoms with Gasteiger partial charge < -0.3 is 19.2 Å². The summed E-state index contributed by atoms with van der Waals surface area (Å²) >= 11 is 0. The number of aryl methyl sites for hydroxylation is 2. The van der Waals surface area contributed by atoms with E-state index in [0.717, 1.165) is 27.7 Å². The molecule has 1 fully saturated rings. The molecule has 1 aromatic heterocycles. The Kier molecular flexibility index (Phi) is 4.09. The third-order valence-corrected chi connectivity index (χ3v) is 4.42. The molecule has 0 radical (unpaired) electrons. The van der Waals surface area contributed by atoms with Crippen molar-refractivity contribution in [3.8, 4) is 0 Å². The first kappa shape index (κ1) is 15.6. The average Bonchev–Trinajstić information content (AvgIpc) is 2.94. The topological polar surface area (TPSA) is 80.0 Å². The van der Waals surface area contributed by atoms with Crippen LogP contribution >= 0.6 is 0 Å². The quantitative estimate of drug-likeness (QED) is 0.935. The molecule has 0 saturated carbocycles. The van der Waals surface area contributed by atoms with Gasteiger partial charge in [-0.1, -0.05) is 12.1 Å². The SMILES string of the molecule is Cc1ccc2c(CC(=O)N3CCOCC3C(=O)O)coc2c1C. The lowest BCUT2D eigenvalue weighted by Gasteiger charge is -2.32. The van der Waals surface area contributed by atoms with Gasteiger partial charge in [0.1, 0.15) is 5.58 Å². The van der Waals surface area contributed by atoms with Crippen LogP contribution in [0.5, 0.6) is 0 Å². The molecule has 6 nitrogen and oxygen atoms in total. The second kappa shape index (κ2) is 6.04. The Hall–Kier alpha value is -2.34. The van der Waals surface area contributed by atoms with Crippen LogP contribution in [0.1, 0.15) is 16.7 Å². The van der Waals surface area contributed by atoms with Gasteiger partial charge in [0.15, 0.2) is 6.04 Å². The Labute approximate surface area is 133 Å². The van der Waals surface area contributed by atoms with E-state index in [1.54, 1.807) is 6.26 Å². The number of amides is 1. The van der Waals surface area contributed by atoms with Crippen LogP contribution in [-0.4, -0.2) is 47.7 Å². The maximum absolute atomic E-state index is 12.5. The number of furan rings is 1. The molecule has 3 rings (SSSR count). The zero-order chi connectivity index (χ0) is 16.6. The van der Waals surface area contributed by atoms with Crippen LogP contribution < -0.4 is 0 Å². The molecular formula is C17H19NO5. The Morgan fingerprint density at radius 2 is 2.13 bits per heavy atom. The molecule has 1 saturated heterocycles. The number of benzene rings is 1. The largest absolute Gasteiger partial charge is 0.480 e. The summed E-state index contributed by atoms with van der Waals surface area (Å²) in [5.74, 6) is -1.26. The second-order valence-corrected chi connectivity index (χ2v) is 5.84. The summed E-state index contributed by atoms with van der Waals surface area (Å²) in [6.07, 6.45) is 1.71. The fourth-order valence-corrected chi connectivity index (χ4v) is 2.90. The van der Waals surface area contributed by atoms with Crippen molar-refractivity contribution in [2.75, 3.05) is 19.8 Å². The van der Waals surface area contributed by atoms with Crippen LogP contribution in [-0.2, 0) is 20.7 Å². The van der Waals surface area contributed by atoms with Crippen molar-refractivity contribution >= 4 is 22.8 Å². The van der Waals surface area contributed by atoms with Crippen molar-refractivity contribution in [2.24, 2.45) is 0 Å². The zero-order valence-electron chi connectivity index (χ0n) is 13.2. The Morgan fingerprint density at radius 1 is 1.35 bits per heavy atom. The molecule has 122 valence electrons. The van der Waals surface area contributed by atoms with E-state index in [1.807, 2.05) is 26.0 Å². The minimum Gasteiger partial charge on any atom is -0.480 e. The number of carbonyl (C=O) groups is 2. The van der Waals surface area contributed by atoms with E-state index in [0.29, 0.717) is 13.2 Å². The number of morpholine rings is 1. The molecule has 0 aliphatic carbocycles. The molecule has 6 heteroatoms. The first-order valence-electron chi connectivity index (χ1n) is 7.55. The van der Waals surface area contributed by atoms with Crippen LogP contribution in [0.25, 0.3) is 11.0 Å². The molecule has 2 heterocycles. The minimum atomic E-state index is -1.04. The molecule has 23 heavy (non-hydrogen) atoms. The number of carboxylic acids is 1. The van der Waals surface area contributed by atoms with Crippen molar-refractivity contribution in [2.45, 2.75) is 26.3 Å². The van der Waals surface area contributed by atoms with Crippen LogP contribution in [0.4, 0.5) is 0 Å². The molecule has 1 unspecified atom stereocenters. The maximum atomic E-state index is 12.5. The van der Waals surface area contributed by atoms with Crippen LogP contribution in [0, 0.1) is 13.8 Å². The van der Waals surface area contributed by atoms with Crippen LogP contribution in [0.2, 0.25) is 0 Å². The third kappa shape index (κ3) is 2.82. The highest BCUT2D eigenvalue weighted by atomic mass is 16.5. The summed E-state index contributed by atoms with van der Waals surface area (Å²) in [6, 6.07) is 3.02. The number of nitrogens with zero attached hydrogens (tertiary/aromatic N) is 1. The highest BCUT2D eigenvalue weighted by Crippen LogP contribution is 2.27. The lowest BCUT2D eigenvalue weighted by molar-refractivity contribution is -0.157. The molecular weight excluding hydrogens is 298 g/mol. The van der Waals surface area contributed by atoms with E-state index < -0.39 is 12.0 Å². The Balaban J connectivity index is 1.85. The second-order valence-electron chi connectivity index (χ2n) is 5.84. The van der Waals surface area contributed by atoms with E-state index in [2.05, 4.69) is 0 Å². The van der Waals surface area contributed by atoms with E-state index in [9.17, 15) is 14.7 Å². The number of hydrogen-bond donors (Lipinski definition) is 1. The zero-order valence-corrected chi connectivity index (χ0v) is 13.2. The highest BCUT2D eigenvalue weighted by molar-refractivity contribution is 5.91. The Morgan fingerprint density at radius 3 is 2.87 bits per heavy atom. The van der Waals surface area contributed by atoms with E-state index in [-0.39, 0.29) is 18.9 Å². The lowest BCUT2D eigenvalue weighted by atomic mass is 10.0. The monoisotopic (exact) mass is 317 g/mol. The standard InChI is InChI=1S/C17H19NO5/c1-10-3-4-13-12(8-23-16(13)11(10)2)7-15(19)18-5-6-22-9-14(18)17(20)21/h3-4,8,14H,5-7,9H2,1-2H3,(H,20,21). The lowest BCUT2D eigenvalue weighted by Crippen LogP contribution is -2.53. The fourth-order valence-electron chi connectivity index (χ4n) is 2.90. The average molecular weight is 317 g/mol. The number of hydrogen-bond acceptors (Lipinski definition) is 4. The van der Waals surface area contributed by atoms with Gasteiger partial charge in [-0.15, -0.1) is 0 Å². The molecule has 1 amide bonds. The van der Waals surface area contributed by atoms with Crippen LogP contribution in [0.15, 0.2) is 22.8 Å². The normalized spacial score (nSPS) is 18.3.